The molecule has 0 aliphatic rings. The average molecular weight is 459 g/mol. The molecular formula is C30H22N2O3. The Labute approximate surface area is 202 Å². The van der Waals surface area contributed by atoms with Crippen LogP contribution < -0.4 is 10.2 Å². The number of fused-ring (bicyclic) bond motifs is 2. The van der Waals surface area contributed by atoms with Gasteiger partial charge in [0.2, 0.25) is 0 Å². The summed E-state index contributed by atoms with van der Waals surface area (Å²) < 4.78 is 5.74. The van der Waals surface area contributed by atoms with Crippen molar-refractivity contribution in [3.05, 3.63) is 125 Å². The third kappa shape index (κ3) is 4.66. The number of esters is 1. The molecule has 5 aromatic rings. The smallest absolute Gasteiger partial charge is 0.343 e. The number of carbonyl (C=O) groups is 2. The molecule has 1 N–H and O–H groups in total. The van der Waals surface area contributed by atoms with Crippen molar-refractivity contribution in [3.63, 3.8) is 0 Å². The van der Waals surface area contributed by atoms with Gasteiger partial charge in [0.05, 0.1) is 11.8 Å². The molecule has 0 fully saturated rings. The highest BCUT2D eigenvalue weighted by atomic mass is 16.5. The van der Waals surface area contributed by atoms with E-state index >= 15 is 0 Å². The molecule has 0 atom stereocenters. The van der Waals surface area contributed by atoms with Crippen LogP contribution in [0.2, 0.25) is 0 Å². The van der Waals surface area contributed by atoms with Crippen LogP contribution >= 0.6 is 0 Å². The number of ether oxygens (including phenoxy) is 1. The summed E-state index contributed by atoms with van der Waals surface area (Å²) in [6.45, 7) is 1.96. The average Bonchev–Trinajstić information content (AvgIpc) is 2.89. The highest BCUT2D eigenvalue weighted by Gasteiger charge is 2.14. The van der Waals surface area contributed by atoms with E-state index in [9.17, 15) is 9.59 Å². The summed E-state index contributed by atoms with van der Waals surface area (Å²) in [4.78, 5) is 25.6. The van der Waals surface area contributed by atoms with Gasteiger partial charge in [-0.3, -0.25) is 4.79 Å². The van der Waals surface area contributed by atoms with Crippen molar-refractivity contribution in [3.8, 4) is 5.75 Å². The molecule has 0 saturated heterocycles. The van der Waals surface area contributed by atoms with Gasteiger partial charge in [-0.2, -0.15) is 5.10 Å². The molecule has 0 saturated carbocycles. The lowest BCUT2D eigenvalue weighted by Crippen LogP contribution is -2.18. The fraction of sp³-hybridized carbons (Fsp3) is 0.0333. The summed E-state index contributed by atoms with van der Waals surface area (Å²) in [6.07, 6.45) is 1.52. The van der Waals surface area contributed by atoms with Gasteiger partial charge in [-0.1, -0.05) is 84.4 Å². The number of nitrogens with zero attached hydrogens (tertiary/aromatic N) is 1. The molecule has 5 aromatic carbocycles. The minimum Gasteiger partial charge on any atom is -0.422 e. The normalized spacial score (nSPS) is 11.1. The fourth-order valence-electron chi connectivity index (χ4n) is 3.99. The zero-order chi connectivity index (χ0) is 24.2. The number of rotatable bonds is 5. The Morgan fingerprint density at radius 3 is 2.17 bits per heavy atom. The van der Waals surface area contributed by atoms with E-state index in [1.807, 2.05) is 85.8 Å². The molecule has 5 heteroatoms. The molecule has 0 radical (unpaired) electrons. The first-order valence-corrected chi connectivity index (χ1v) is 11.2. The van der Waals surface area contributed by atoms with Crippen LogP contribution in [0.1, 0.15) is 31.8 Å². The Kier molecular flexibility index (Phi) is 6.05. The Morgan fingerprint density at radius 2 is 1.40 bits per heavy atom. The number of hydrazone groups is 1. The van der Waals surface area contributed by atoms with E-state index in [1.54, 1.807) is 24.3 Å². The van der Waals surface area contributed by atoms with Crippen molar-refractivity contribution >= 4 is 39.6 Å². The van der Waals surface area contributed by atoms with Crippen LogP contribution in [0.15, 0.2) is 108 Å². The Balaban J connectivity index is 1.45. The molecule has 1 amide bonds. The van der Waals surface area contributed by atoms with Gasteiger partial charge in [-0.05, 0) is 52.7 Å². The van der Waals surface area contributed by atoms with Crippen LogP contribution in [0.4, 0.5) is 0 Å². The first kappa shape index (κ1) is 22.0. The zero-order valence-corrected chi connectivity index (χ0v) is 19.1. The second-order valence-corrected chi connectivity index (χ2v) is 8.18. The first-order valence-electron chi connectivity index (χ1n) is 11.2. The molecule has 0 aromatic heterocycles. The maximum absolute atomic E-state index is 12.9. The molecule has 0 heterocycles. The summed E-state index contributed by atoms with van der Waals surface area (Å²) in [7, 11) is 0. The lowest BCUT2D eigenvalue weighted by Gasteiger charge is -2.11. The lowest BCUT2D eigenvalue weighted by atomic mass is 10.0. The minimum absolute atomic E-state index is 0.323. The largest absolute Gasteiger partial charge is 0.422 e. The third-order valence-electron chi connectivity index (χ3n) is 5.81. The predicted octanol–water partition coefficient (Wildman–Crippen LogP) is 6.28. The van der Waals surface area contributed by atoms with Crippen molar-refractivity contribution in [2.75, 3.05) is 0 Å². The predicted molar refractivity (Wildman–Crippen MR) is 139 cm³/mol. The maximum atomic E-state index is 12.9. The monoisotopic (exact) mass is 458 g/mol. The molecule has 0 bridgehead atoms. The summed E-state index contributed by atoms with van der Waals surface area (Å²) >= 11 is 0. The van der Waals surface area contributed by atoms with Gasteiger partial charge in [0, 0.05) is 11.1 Å². The van der Waals surface area contributed by atoms with Gasteiger partial charge in [-0.15, -0.1) is 0 Å². The van der Waals surface area contributed by atoms with Crippen molar-refractivity contribution in [1.29, 1.82) is 0 Å². The molecule has 0 aliphatic heterocycles. The van der Waals surface area contributed by atoms with Crippen LogP contribution in [0.3, 0.4) is 0 Å². The van der Waals surface area contributed by atoms with Gasteiger partial charge < -0.3 is 4.74 Å². The maximum Gasteiger partial charge on any atom is 0.343 e. The summed E-state index contributed by atoms with van der Waals surface area (Å²) in [5, 5.41) is 7.85. The number of hydrogen-bond donors (Lipinski definition) is 1. The molecule has 0 spiro atoms. The molecule has 5 nitrogen and oxygen atoms in total. The SMILES string of the molecule is Cc1ccc(C(=O)Oc2ccc3ccccc3c2/C=N/NC(=O)c2cccc3ccccc23)cc1. The lowest BCUT2D eigenvalue weighted by molar-refractivity contribution is 0.0734. The molecule has 35 heavy (non-hydrogen) atoms. The third-order valence-corrected chi connectivity index (χ3v) is 5.81. The van der Waals surface area contributed by atoms with Crippen molar-refractivity contribution < 1.29 is 14.3 Å². The summed E-state index contributed by atoms with van der Waals surface area (Å²) in [5.74, 6) is -0.427. The van der Waals surface area contributed by atoms with Gasteiger partial charge in [0.25, 0.3) is 5.91 Å². The number of amides is 1. The van der Waals surface area contributed by atoms with Gasteiger partial charge in [-0.25, -0.2) is 10.2 Å². The van der Waals surface area contributed by atoms with E-state index in [4.69, 9.17) is 4.74 Å². The molecule has 0 unspecified atom stereocenters. The van der Waals surface area contributed by atoms with Gasteiger partial charge in [0.15, 0.2) is 0 Å². The number of nitrogens with one attached hydrogen (secondary N) is 1. The number of benzene rings is 5. The van der Waals surface area contributed by atoms with Crippen LogP contribution in [-0.4, -0.2) is 18.1 Å². The Morgan fingerprint density at radius 1 is 0.743 bits per heavy atom. The van der Waals surface area contributed by atoms with E-state index < -0.39 is 5.97 Å². The van der Waals surface area contributed by atoms with E-state index in [0.717, 1.165) is 27.1 Å². The highest BCUT2D eigenvalue weighted by molar-refractivity contribution is 6.08. The standard InChI is InChI=1S/C30H22N2O3/c1-20-13-15-23(16-14-20)30(34)35-28-18-17-22-8-3-5-11-25(22)27(28)19-31-32-29(33)26-12-6-9-21-7-2-4-10-24(21)26/h2-19H,1H3,(H,32,33)/b31-19+. The summed E-state index contributed by atoms with van der Waals surface area (Å²) in [6, 6.07) is 31.8. The molecule has 0 aliphatic carbocycles. The summed E-state index contributed by atoms with van der Waals surface area (Å²) in [5.41, 5.74) is 5.26. The Bertz CT molecular complexity index is 1580. The van der Waals surface area contributed by atoms with Gasteiger partial charge >= 0.3 is 5.97 Å². The van der Waals surface area contributed by atoms with Crippen LogP contribution in [0.25, 0.3) is 21.5 Å². The fourth-order valence-corrected chi connectivity index (χ4v) is 3.99. The van der Waals surface area contributed by atoms with Crippen LogP contribution in [0.5, 0.6) is 5.75 Å². The quantitative estimate of drug-likeness (QED) is 0.146. The number of carbonyl (C=O) groups excluding carboxylic acids is 2. The van der Waals surface area contributed by atoms with E-state index in [-0.39, 0.29) is 5.91 Å². The van der Waals surface area contributed by atoms with Crippen molar-refractivity contribution in [1.82, 2.24) is 5.43 Å². The topological polar surface area (TPSA) is 67.8 Å². The Hall–Kier alpha value is -4.77. The second kappa shape index (κ2) is 9.61. The zero-order valence-electron chi connectivity index (χ0n) is 19.1. The van der Waals surface area contributed by atoms with E-state index in [2.05, 4.69) is 10.5 Å². The van der Waals surface area contributed by atoms with Crippen LogP contribution in [-0.2, 0) is 0 Å². The van der Waals surface area contributed by atoms with Gasteiger partial charge in [0.1, 0.15) is 5.75 Å². The molecule has 170 valence electrons. The van der Waals surface area contributed by atoms with E-state index in [0.29, 0.717) is 22.4 Å². The second-order valence-electron chi connectivity index (χ2n) is 8.18. The number of aryl methyl sites for hydroxylation is 1. The van der Waals surface area contributed by atoms with Crippen molar-refractivity contribution in [2.24, 2.45) is 5.10 Å². The van der Waals surface area contributed by atoms with Crippen molar-refractivity contribution in [2.45, 2.75) is 6.92 Å². The number of hydrogen-bond acceptors (Lipinski definition) is 4. The molecule has 5 rings (SSSR count). The first-order chi connectivity index (χ1) is 17.1. The molecular weight excluding hydrogens is 436 g/mol. The highest BCUT2D eigenvalue weighted by Crippen LogP contribution is 2.27. The minimum atomic E-state index is -0.463. The van der Waals surface area contributed by atoms with Crippen LogP contribution in [0, 0.1) is 6.92 Å². The van der Waals surface area contributed by atoms with E-state index in [1.165, 1.54) is 6.21 Å².